The molecule has 0 heterocycles. The second-order valence-corrected chi connectivity index (χ2v) is 10.6. The summed E-state index contributed by atoms with van der Waals surface area (Å²) in [6, 6.07) is 18.5. The highest BCUT2D eigenvalue weighted by atomic mass is 19.1. The predicted molar refractivity (Wildman–Crippen MR) is 141 cm³/mol. The third-order valence-electron chi connectivity index (χ3n) is 7.76. The first-order valence-corrected chi connectivity index (χ1v) is 13.4. The van der Waals surface area contributed by atoms with Crippen LogP contribution in [0.1, 0.15) is 101 Å². The first-order chi connectivity index (χ1) is 16.8. The molecule has 2 aliphatic carbocycles. The highest BCUT2D eigenvalue weighted by Gasteiger charge is 2.42. The Bertz CT molecular complexity index is 911. The van der Waals surface area contributed by atoms with Crippen LogP contribution in [0.25, 0.3) is 0 Å². The highest BCUT2D eigenvalue weighted by molar-refractivity contribution is 5.43. The van der Waals surface area contributed by atoms with Gasteiger partial charge in [0, 0.05) is 19.5 Å². The van der Waals surface area contributed by atoms with Gasteiger partial charge in [-0.05, 0) is 107 Å². The van der Waals surface area contributed by atoms with Crippen LogP contribution < -0.4 is 0 Å². The standard InChI is InChI=1S/C29H39F2N.C2H3N/c1-23(2)32(22-24-12-4-3-5-13-24)21-11-14-25-26(28(30)17-6-7-18-28)15-10-16-27(25)29(31)19-8-9-20-29;1-2-3/h3-5,10,12-13,15-16,23H,6-9,11,14,17-22H2,1-2H3;1H3. The van der Waals surface area contributed by atoms with Crippen molar-refractivity contribution in [3.8, 4) is 6.07 Å². The van der Waals surface area contributed by atoms with E-state index in [0.717, 1.165) is 68.3 Å². The van der Waals surface area contributed by atoms with Crippen molar-refractivity contribution in [2.24, 2.45) is 0 Å². The second-order valence-electron chi connectivity index (χ2n) is 10.6. The monoisotopic (exact) mass is 480 g/mol. The number of hydrogen-bond acceptors (Lipinski definition) is 2. The molecule has 0 atom stereocenters. The minimum atomic E-state index is -1.28. The Morgan fingerprint density at radius 3 is 1.80 bits per heavy atom. The summed E-state index contributed by atoms with van der Waals surface area (Å²) in [6.45, 7) is 7.73. The van der Waals surface area contributed by atoms with E-state index in [-0.39, 0.29) is 0 Å². The van der Waals surface area contributed by atoms with Gasteiger partial charge >= 0.3 is 0 Å². The van der Waals surface area contributed by atoms with Crippen LogP contribution in [0.5, 0.6) is 0 Å². The molecule has 0 N–H and O–H groups in total. The van der Waals surface area contributed by atoms with Crippen molar-refractivity contribution in [1.29, 1.82) is 5.26 Å². The summed E-state index contributed by atoms with van der Waals surface area (Å²) in [6.07, 6.45) is 7.70. The van der Waals surface area contributed by atoms with E-state index in [9.17, 15) is 0 Å². The van der Waals surface area contributed by atoms with Crippen LogP contribution in [0.3, 0.4) is 0 Å². The molecular weight excluding hydrogens is 438 g/mol. The van der Waals surface area contributed by atoms with Gasteiger partial charge in [-0.25, -0.2) is 8.78 Å². The maximum atomic E-state index is 16.0. The maximum absolute atomic E-state index is 16.0. The van der Waals surface area contributed by atoms with Gasteiger partial charge in [-0.15, -0.1) is 0 Å². The number of nitriles is 1. The molecule has 2 nitrogen and oxygen atoms in total. The highest BCUT2D eigenvalue weighted by Crippen LogP contribution is 2.49. The van der Waals surface area contributed by atoms with Crippen LogP contribution in [0.2, 0.25) is 0 Å². The SMILES string of the molecule is CC#N.CC(C)N(CCCc1c(C2(F)CCCC2)cccc1C1(F)CCCC1)Cc1ccccc1. The van der Waals surface area contributed by atoms with Crippen molar-refractivity contribution in [1.82, 2.24) is 4.90 Å². The van der Waals surface area contributed by atoms with E-state index in [2.05, 4.69) is 43.0 Å². The van der Waals surface area contributed by atoms with E-state index >= 15 is 8.78 Å². The molecular formula is C31H42F2N2. The van der Waals surface area contributed by atoms with E-state index < -0.39 is 11.3 Å². The summed E-state index contributed by atoms with van der Waals surface area (Å²) in [5.41, 5.74) is 1.31. The normalized spacial score (nSPS) is 18.3. The fourth-order valence-corrected chi connectivity index (χ4v) is 5.90. The summed E-state index contributed by atoms with van der Waals surface area (Å²) in [4.78, 5) is 2.47. The molecule has 2 aliphatic rings. The first kappa shape index (κ1) is 27.3. The number of halogens is 2. The molecule has 0 amide bonds. The molecule has 0 saturated heterocycles. The molecule has 2 aromatic carbocycles. The minimum absolute atomic E-state index is 0.426. The molecule has 2 saturated carbocycles. The van der Waals surface area contributed by atoms with Crippen LogP contribution in [0.4, 0.5) is 8.78 Å². The Morgan fingerprint density at radius 2 is 1.34 bits per heavy atom. The molecule has 2 aromatic rings. The molecule has 2 fully saturated rings. The quantitative estimate of drug-likeness (QED) is 0.359. The largest absolute Gasteiger partial charge is 0.297 e. The van der Waals surface area contributed by atoms with Gasteiger partial charge in [-0.2, -0.15) is 5.26 Å². The smallest absolute Gasteiger partial charge is 0.136 e. The van der Waals surface area contributed by atoms with Crippen LogP contribution in [0.15, 0.2) is 48.5 Å². The zero-order valence-electron chi connectivity index (χ0n) is 21.8. The van der Waals surface area contributed by atoms with Crippen molar-refractivity contribution in [2.75, 3.05) is 6.54 Å². The van der Waals surface area contributed by atoms with Gasteiger partial charge in [0.15, 0.2) is 0 Å². The number of benzene rings is 2. The topological polar surface area (TPSA) is 27.0 Å². The van der Waals surface area contributed by atoms with Crippen molar-refractivity contribution >= 4 is 0 Å². The fraction of sp³-hybridized carbons (Fsp3) is 0.581. The van der Waals surface area contributed by atoms with E-state index in [1.807, 2.05) is 24.3 Å². The average Bonchev–Trinajstić information content (AvgIpc) is 3.49. The zero-order chi connectivity index (χ0) is 25.3. The van der Waals surface area contributed by atoms with E-state index in [4.69, 9.17) is 5.26 Å². The first-order valence-electron chi connectivity index (χ1n) is 13.4. The molecule has 0 spiro atoms. The zero-order valence-corrected chi connectivity index (χ0v) is 21.8. The number of alkyl halides is 2. The molecule has 4 rings (SSSR count). The van der Waals surface area contributed by atoms with Gasteiger partial charge in [0.2, 0.25) is 0 Å². The Kier molecular flexibility index (Phi) is 9.87. The summed E-state index contributed by atoms with van der Waals surface area (Å²) < 4.78 is 31.9. The van der Waals surface area contributed by atoms with Crippen LogP contribution in [-0.4, -0.2) is 17.5 Å². The van der Waals surface area contributed by atoms with Crippen LogP contribution in [-0.2, 0) is 24.3 Å². The molecule has 0 bridgehead atoms. The predicted octanol–water partition coefficient (Wildman–Crippen LogP) is 8.54. The molecule has 0 radical (unpaired) electrons. The summed E-state index contributed by atoms with van der Waals surface area (Å²) in [5, 5.41) is 7.32. The Labute approximate surface area is 211 Å². The fourth-order valence-electron chi connectivity index (χ4n) is 5.90. The van der Waals surface area contributed by atoms with Crippen molar-refractivity contribution < 1.29 is 8.78 Å². The minimum Gasteiger partial charge on any atom is -0.297 e. The number of rotatable bonds is 9. The van der Waals surface area contributed by atoms with Crippen LogP contribution >= 0.6 is 0 Å². The van der Waals surface area contributed by atoms with E-state index in [1.165, 1.54) is 12.5 Å². The lowest BCUT2D eigenvalue weighted by molar-refractivity contribution is 0.161. The van der Waals surface area contributed by atoms with Crippen LogP contribution in [0, 0.1) is 11.3 Å². The lowest BCUT2D eigenvalue weighted by Crippen LogP contribution is -2.32. The van der Waals surface area contributed by atoms with Gasteiger partial charge in [0.05, 0.1) is 6.07 Å². The molecule has 35 heavy (non-hydrogen) atoms. The molecule has 4 heteroatoms. The summed E-state index contributed by atoms with van der Waals surface area (Å²) >= 11 is 0. The van der Waals surface area contributed by atoms with Crippen molar-refractivity contribution in [3.05, 3.63) is 70.8 Å². The average molecular weight is 481 g/mol. The summed E-state index contributed by atoms with van der Waals surface area (Å²) in [5.74, 6) is 0. The number of hydrogen-bond donors (Lipinski definition) is 0. The van der Waals surface area contributed by atoms with Gasteiger partial charge in [-0.3, -0.25) is 4.90 Å². The van der Waals surface area contributed by atoms with Crippen molar-refractivity contribution in [2.45, 2.75) is 109 Å². The Hall–Kier alpha value is -2.25. The van der Waals surface area contributed by atoms with Gasteiger partial charge in [0.25, 0.3) is 0 Å². The Balaban J connectivity index is 0.00000108. The van der Waals surface area contributed by atoms with Gasteiger partial charge in [0.1, 0.15) is 11.3 Å². The third kappa shape index (κ3) is 6.91. The maximum Gasteiger partial charge on any atom is 0.136 e. The lowest BCUT2D eigenvalue weighted by Gasteiger charge is -2.31. The van der Waals surface area contributed by atoms with Gasteiger partial charge in [-0.1, -0.05) is 48.5 Å². The second kappa shape index (κ2) is 12.6. The van der Waals surface area contributed by atoms with Gasteiger partial charge < -0.3 is 0 Å². The number of nitrogens with zero attached hydrogens (tertiary/aromatic N) is 2. The third-order valence-corrected chi connectivity index (χ3v) is 7.76. The molecule has 0 aliphatic heterocycles. The van der Waals surface area contributed by atoms with E-state index in [1.54, 1.807) is 6.07 Å². The lowest BCUT2D eigenvalue weighted by atomic mass is 9.80. The Morgan fingerprint density at radius 1 is 0.857 bits per heavy atom. The van der Waals surface area contributed by atoms with E-state index in [0.29, 0.717) is 31.7 Å². The van der Waals surface area contributed by atoms with Crippen molar-refractivity contribution in [3.63, 3.8) is 0 Å². The molecule has 190 valence electrons. The molecule has 0 aromatic heterocycles. The molecule has 0 unspecified atom stereocenters. The summed E-state index contributed by atoms with van der Waals surface area (Å²) in [7, 11) is 0.